The largest absolute Gasteiger partial charge is 0.343 e. The summed E-state index contributed by atoms with van der Waals surface area (Å²) in [7, 11) is -2.99. The number of H-pyrrole nitrogens is 1. The maximum atomic E-state index is 12.0. The van der Waals surface area contributed by atoms with Crippen molar-refractivity contribution in [1.82, 2.24) is 15.3 Å². The van der Waals surface area contributed by atoms with Crippen molar-refractivity contribution in [2.24, 2.45) is 0 Å². The zero-order valence-corrected chi connectivity index (χ0v) is 10.5. The van der Waals surface area contributed by atoms with Crippen LogP contribution in [0.3, 0.4) is 0 Å². The fourth-order valence-corrected chi connectivity index (χ4v) is 4.52. The normalized spacial score (nSPS) is 27.6. The molecule has 1 fully saturated rings. The minimum Gasteiger partial charge on any atom is -0.343 e. The quantitative estimate of drug-likeness (QED) is 0.774. The average Bonchev–Trinajstić information content (AvgIpc) is 2.71. The molecule has 3 heterocycles. The summed E-state index contributed by atoms with van der Waals surface area (Å²) >= 11 is 0. The molecule has 0 aromatic carbocycles. The van der Waals surface area contributed by atoms with Crippen LogP contribution in [-0.2, 0) is 22.8 Å². The molecule has 5 nitrogen and oxygen atoms in total. The molecule has 0 saturated carbocycles. The van der Waals surface area contributed by atoms with Crippen molar-refractivity contribution in [3.05, 3.63) is 17.2 Å². The van der Waals surface area contributed by atoms with Crippen LogP contribution in [0.15, 0.2) is 0 Å². The van der Waals surface area contributed by atoms with Gasteiger partial charge in [0.2, 0.25) is 0 Å². The van der Waals surface area contributed by atoms with Crippen molar-refractivity contribution in [2.75, 3.05) is 12.3 Å². The molecule has 1 saturated heterocycles. The van der Waals surface area contributed by atoms with E-state index >= 15 is 0 Å². The van der Waals surface area contributed by atoms with E-state index in [2.05, 4.69) is 15.3 Å². The molecule has 94 valence electrons. The fraction of sp³-hybridized carbons (Fsp3) is 0.727. The summed E-state index contributed by atoms with van der Waals surface area (Å²) in [5, 5.41) is 2.86. The van der Waals surface area contributed by atoms with Gasteiger partial charge in [-0.1, -0.05) is 6.42 Å². The summed E-state index contributed by atoms with van der Waals surface area (Å²) in [4.78, 5) is 7.70. The molecule has 1 unspecified atom stereocenters. The maximum absolute atomic E-state index is 12.0. The summed E-state index contributed by atoms with van der Waals surface area (Å²) in [6.07, 6.45) is 3.37. The van der Waals surface area contributed by atoms with E-state index in [-0.39, 0.29) is 0 Å². The molecule has 1 aromatic heterocycles. The Bertz CT molecular complexity index is 497. The van der Waals surface area contributed by atoms with Crippen molar-refractivity contribution in [3.63, 3.8) is 0 Å². The van der Waals surface area contributed by atoms with Crippen molar-refractivity contribution in [2.45, 2.75) is 37.5 Å². The molecule has 6 heteroatoms. The van der Waals surface area contributed by atoms with E-state index in [9.17, 15) is 8.42 Å². The van der Waals surface area contributed by atoms with Crippen LogP contribution < -0.4 is 5.32 Å². The summed E-state index contributed by atoms with van der Waals surface area (Å²) in [6.45, 7) is 1.70. The summed E-state index contributed by atoms with van der Waals surface area (Å²) in [6, 6.07) is 0. The molecule has 0 bridgehead atoms. The molecule has 2 aliphatic rings. The molecular formula is C11H17N3O2S. The topological polar surface area (TPSA) is 74.8 Å². The molecule has 1 aromatic rings. The highest BCUT2D eigenvalue weighted by Crippen LogP contribution is 2.32. The van der Waals surface area contributed by atoms with Crippen LogP contribution in [-0.4, -0.2) is 30.7 Å². The van der Waals surface area contributed by atoms with E-state index in [0.29, 0.717) is 18.0 Å². The highest BCUT2D eigenvalue weighted by molar-refractivity contribution is 7.91. The van der Waals surface area contributed by atoms with E-state index in [1.165, 1.54) is 0 Å². The fourth-order valence-electron chi connectivity index (χ4n) is 2.65. The number of aromatic nitrogens is 2. The first-order valence-corrected chi connectivity index (χ1v) is 7.88. The predicted molar refractivity (Wildman–Crippen MR) is 64.4 cm³/mol. The van der Waals surface area contributed by atoms with Crippen LogP contribution >= 0.6 is 0 Å². The Balaban J connectivity index is 1.95. The van der Waals surface area contributed by atoms with Crippen molar-refractivity contribution in [1.29, 1.82) is 0 Å². The number of rotatable bonds is 1. The number of nitrogens with zero attached hydrogens (tertiary/aromatic N) is 1. The number of aromatic amines is 1. The van der Waals surface area contributed by atoms with Gasteiger partial charge in [0.05, 0.1) is 17.1 Å². The van der Waals surface area contributed by atoms with Gasteiger partial charge in [0.1, 0.15) is 11.1 Å². The zero-order valence-electron chi connectivity index (χ0n) is 9.70. The Morgan fingerprint density at radius 3 is 2.94 bits per heavy atom. The molecule has 0 radical (unpaired) electrons. The lowest BCUT2D eigenvalue weighted by Gasteiger charge is -2.20. The Labute approximate surface area is 101 Å². The van der Waals surface area contributed by atoms with Gasteiger partial charge in [0, 0.05) is 19.5 Å². The number of fused-ring (bicyclic) bond motifs is 1. The van der Waals surface area contributed by atoms with Gasteiger partial charge in [-0.15, -0.1) is 0 Å². The number of hydrogen-bond donors (Lipinski definition) is 2. The van der Waals surface area contributed by atoms with Crippen molar-refractivity contribution >= 4 is 9.84 Å². The zero-order chi connectivity index (χ0) is 11.9. The highest BCUT2D eigenvalue weighted by atomic mass is 32.2. The third-order valence-electron chi connectivity index (χ3n) is 3.61. The number of hydrogen-bond acceptors (Lipinski definition) is 4. The molecule has 1 atom stereocenters. The van der Waals surface area contributed by atoms with Gasteiger partial charge in [-0.25, -0.2) is 13.4 Å². The van der Waals surface area contributed by atoms with E-state index in [1.807, 2.05) is 0 Å². The van der Waals surface area contributed by atoms with Gasteiger partial charge < -0.3 is 10.3 Å². The second-order valence-electron chi connectivity index (χ2n) is 4.83. The lowest BCUT2D eigenvalue weighted by molar-refractivity contribution is 0.539. The maximum Gasteiger partial charge on any atom is 0.160 e. The van der Waals surface area contributed by atoms with E-state index < -0.39 is 15.1 Å². The molecule has 17 heavy (non-hydrogen) atoms. The van der Waals surface area contributed by atoms with Gasteiger partial charge in [-0.05, 0) is 12.8 Å². The molecule has 0 aliphatic carbocycles. The molecule has 2 N–H and O–H groups in total. The lowest BCUT2D eigenvalue weighted by Crippen LogP contribution is -2.23. The second kappa shape index (κ2) is 4.10. The third-order valence-corrected chi connectivity index (χ3v) is 5.79. The average molecular weight is 255 g/mol. The van der Waals surface area contributed by atoms with Gasteiger partial charge in [0.25, 0.3) is 0 Å². The first-order chi connectivity index (χ1) is 8.17. The standard InChI is InChI=1S/C11H17N3O2S/c15-17(16)6-2-1-3-10(17)11-13-8-4-5-12-7-9(8)14-11/h10,12H,1-7H2,(H,13,14). The predicted octanol–water partition coefficient (Wildman–Crippen LogP) is 0.695. The van der Waals surface area contributed by atoms with Gasteiger partial charge in [0.15, 0.2) is 9.84 Å². The first kappa shape index (κ1) is 11.2. The smallest absolute Gasteiger partial charge is 0.160 e. The monoisotopic (exact) mass is 255 g/mol. The highest BCUT2D eigenvalue weighted by Gasteiger charge is 2.33. The minimum atomic E-state index is -2.99. The molecule has 0 spiro atoms. The van der Waals surface area contributed by atoms with Crippen LogP contribution in [0.4, 0.5) is 0 Å². The third kappa shape index (κ3) is 1.99. The first-order valence-electron chi connectivity index (χ1n) is 6.17. The summed E-state index contributed by atoms with van der Waals surface area (Å²) in [5.41, 5.74) is 2.10. The molecule has 2 aliphatic heterocycles. The van der Waals surface area contributed by atoms with Gasteiger partial charge in [-0.3, -0.25) is 0 Å². The number of sulfone groups is 1. The SMILES string of the molecule is O=S1(=O)CCCCC1c1nc2c([nH]1)CNCC2. The Morgan fingerprint density at radius 2 is 2.18 bits per heavy atom. The van der Waals surface area contributed by atoms with Crippen LogP contribution in [0.25, 0.3) is 0 Å². The van der Waals surface area contributed by atoms with Crippen molar-refractivity contribution < 1.29 is 8.42 Å². The van der Waals surface area contributed by atoms with Crippen LogP contribution in [0.2, 0.25) is 0 Å². The van der Waals surface area contributed by atoms with Gasteiger partial charge in [-0.2, -0.15) is 0 Å². The summed E-state index contributed by atoms with van der Waals surface area (Å²) < 4.78 is 24.0. The van der Waals surface area contributed by atoms with Crippen LogP contribution in [0.5, 0.6) is 0 Å². The molecule has 0 amide bonds. The molecule has 3 rings (SSSR count). The summed E-state index contributed by atoms with van der Waals surface area (Å²) in [5.74, 6) is 0.972. The van der Waals surface area contributed by atoms with Crippen molar-refractivity contribution in [3.8, 4) is 0 Å². The molecular weight excluding hydrogens is 238 g/mol. The lowest BCUT2D eigenvalue weighted by atomic mass is 10.2. The van der Waals surface area contributed by atoms with E-state index in [0.717, 1.165) is 43.7 Å². The van der Waals surface area contributed by atoms with E-state index in [4.69, 9.17) is 0 Å². The van der Waals surface area contributed by atoms with Crippen LogP contribution in [0.1, 0.15) is 41.7 Å². The minimum absolute atomic E-state index is 0.307. The van der Waals surface area contributed by atoms with Gasteiger partial charge >= 0.3 is 0 Å². The second-order valence-corrected chi connectivity index (χ2v) is 7.13. The number of nitrogens with one attached hydrogen (secondary N) is 2. The Hall–Kier alpha value is -0.880. The Kier molecular flexibility index (Phi) is 2.71. The number of imidazole rings is 1. The van der Waals surface area contributed by atoms with E-state index in [1.54, 1.807) is 0 Å². The van der Waals surface area contributed by atoms with Crippen LogP contribution in [0, 0.1) is 0 Å². The Morgan fingerprint density at radius 1 is 1.29 bits per heavy atom.